The van der Waals surface area contributed by atoms with Gasteiger partial charge in [-0.25, -0.2) is 14.0 Å². The fourth-order valence-electron chi connectivity index (χ4n) is 4.01. The van der Waals surface area contributed by atoms with Crippen molar-refractivity contribution in [3.05, 3.63) is 75.9 Å². The molecule has 0 spiro atoms. The highest BCUT2D eigenvalue weighted by Crippen LogP contribution is 2.23. The van der Waals surface area contributed by atoms with Crippen LogP contribution in [0.2, 0.25) is 0 Å². The van der Waals surface area contributed by atoms with Crippen LogP contribution in [0.4, 0.5) is 14.9 Å². The molecule has 0 radical (unpaired) electrons. The summed E-state index contributed by atoms with van der Waals surface area (Å²) in [5.74, 6) is -0.308. The van der Waals surface area contributed by atoms with Gasteiger partial charge in [-0.15, -0.1) is 0 Å². The second-order valence-corrected chi connectivity index (χ2v) is 8.11. The molecule has 0 unspecified atom stereocenters. The molecule has 1 aliphatic rings. The first kappa shape index (κ1) is 23.4. The topological polar surface area (TPSA) is 92.1 Å². The van der Waals surface area contributed by atoms with Crippen LogP contribution in [-0.2, 0) is 22.5 Å². The molecule has 9 heteroatoms. The zero-order valence-electron chi connectivity index (χ0n) is 18.9. The fraction of sp³-hybridized carbons (Fsp3) is 0.320. The Bertz CT molecular complexity index is 1230. The number of anilines is 1. The van der Waals surface area contributed by atoms with E-state index >= 15 is 0 Å². The average Bonchev–Trinajstić information content (AvgIpc) is 2.81. The number of piperazine rings is 1. The van der Waals surface area contributed by atoms with E-state index in [1.807, 2.05) is 4.90 Å². The quantitative estimate of drug-likeness (QED) is 0.559. The van der Waals surface area contributed by atoms with E-state index in [0.29, 0.717) is 44.0 Å². The normalized spacial score (nSPS) is 14.2. The van der Waals surface area contributed by atoms with Crippen molar-refractivity contribution in [1.29, 1.82) is 0 Å². The van der Waals surface area contributed by atoms with Gasteiger partial charge in [0.2, 0.25) is 5.91 Å². The first-order chi connectivity index (χ1) is 16.4. The molecule has 0 aliphatic carbocycles. The molecule has 2 amide bonds. The summed E-state index contributed by atoms with van der Waals surface area (Å²) in [6.45, 7) is 4.99. The van der Waals surface area contributed by atoms with Gasteiger partial charge in [0, 0.05) is 55.9 Å². The van der Waals surface area contributed by atoms with Crippen molar-refractivity contribution in [2.45, 2.75) is 19.9 Å². The Hall–Kier alpha value is -3.72. The van der Waals surface area contributed by atoms with Crippen molar-refractivity contribution in [3.8, 4) is 0 Å². The lowest BCUT2D eigenvalue weighted by Crippen LogP contribution is -2.48. The molecule has 4 rings (SSSR count). The van der Waals surface area contributed by atoms with E-state index < -0.39 is 11.7 Å². The van der Waals surface area contributed by atoms with Crippen molar-refractivity contribution in [2.75, 3.05) is 38.1 Å². The van der Waals surface area contributed by atoms with Crippen LogP contribution < -0.4 is 10.9 Å². The number of halogens is 1. The molecule has 3 aromatic rings. The van der Waals surface area contributed by atoms with Crippen molar-refractivity contribution < 1.29 is 23.1 Å². The molecule has 1 aliphatic heterocycles. The molecule has 0 bridgehead atoms. The third-order valence-electron chi connectivity index (χ3n) is 5.74. The van der Waals surface area contributed by atoms with Crippen LogP contribution in [0.3, 0.4) is 0 Å². The number of hydrogen-bond donors (Lipinski definition) is 1. The number of amides is 2. The largest absolute Gasteiger partial charge is 0.450 e. The van der Waals surface area contributed by atoms with E-state index in [1.54, 1.807) is 37.3 Å². The number of hydrogen-bond acceptors (Lipinski definition) is 6. The van der Waals surface area contributed by atoms with Crippen LogP contribution in [0, 0.1) is 5.82 Å². The summed E-state index contributed by atoms with van der Waals surface area (Å²) < 4.78 is 23.3. The Kier molecular flexibility index (Phi) is 7.22. The van der Waals surface area contributed by atoms with Crippen LogP contribution in [0.25, 0.3) is 11.0 Å². The number of benzene rings is 2. The van der Waals surface area contributed by atoms with E-state index in [0.717, 1.165) is 16.5 Å². The second-order valence-electron chi connectivity index (χ2n) is 8.11. The van der Waals surface area contributed by atoms with Gasteiger partial charge in [-0.05, 0) is 42.3 Å². The summed E-state index contributed by atoms with van der Waals surface area (Å²) in [5.41, 5.74) is 1.99. The molecule has 1 N–H and O–H groups in total. The average molecular weight is 467 g/mol. The zero-order chi connectivity index (χ0) is 24.1. The van der Waals surface area contributed by atoms with Crippen molar-refractivity contribution in [2.24, 2.45) is 0 Å². The van der Waals surface area contributed by atoms with Gasteiger partial charge in [-0.2, -0.15) is 0 Å². The Labute approximate surface area is 195 Å². The molecule has 2 aromatic carbocycles. The molecule has 1 saturated heterocycles. The van der Waals surface area contributed by atoms with Crippen LogP contribution in [-0.4, -0.2) is 54.6 Å². The Balaban J connectivity index is 1.39. The standard InChI is InChI=1S/C25H26FN3O5/c1-2-33-25(32)27-20-7-8-21-18(14-24(31)34-22(21)15-20)16-28-9-11-29(12-10-28)23(30)13-17-3-5-19(26)6-4-17/h3-8,14-15H,2,9-13,16H2,1H3,(H,27,32). The van der Waals surface area contributed by atoms with Gasteiger partial charge in [0.05, 0.1) is 13.0 Å². The van der Waals surface area contributed by atoms with E-state index in [9.17, 15) is 18.8 Å². The molecular weight excluding hydrogens is 441 g/mol. The second kappa shape index (κ2) is 10.5. The lowest BCUT2D eigenvalue weighted by atomic mass is 10.1. The molecule has 1 fully saturated rings. The molecule has 178 valence electrons. The van der Waals surface area contributed by atoms with Crippen molar-refractivity contribution >= 4 is 28.7 Å². The molecule has 0 atom stereocenters. The first-order valence-electron chi connectivity index (χ1n) is 11.2. The molecule has 0 saturated carbocycles. The predicted octanol–water partition coefficient (Wildman–Crippen LogP) is 3.39. The van der Waals surface area contributed by atoms with Gasteiger partial charge in [0.15, 0.2) is 0 Å². The van der Waals surface area contributed by atoms with E-state index in [2.05, 4.69) is 10.2 Å². The van der Waals surface area contributed by atoms with Crippen LogP contribution in [0.5, 0.6) is 0 Å². The SMILES string of the molecule is CCOC(=O)Nc1ccc2c(CN3CCN(C(=O)Cc4ccc(F)cc4)CC3)cc(=O)oc2c1. The fourth-order valence-corrected chi connectivity index (χ4v) is 4.01. The maximum atomic E-state index is 13.1. The third kappa shape index (κ3) is 5.79. The monoisotopic (exact) mass is 467 g/mol. The highest BCUT2D eigenvalue weighted by molar-refractivity contribution is 5.90. The van der Waals surface area contributed by atoms with E-state index in [1.165, 1.54) is 18.2 Å². The van der Waals surface area contributed by atoms with E-state index in [4.69, 9.17) is 9.15 Å². The highest BCUT2D eigenvalue weighted by atomic mass is 19.1. The molecule has 8 nitrogen and oxygen atoms in total. The molecule has 1 aromatic heterocycles. The minimum absolute atomic E-state index is 0.0127. The molecular formula is C25H26FN3O5. The Morgan fingerprint density at radius 3 is 2.50 bits per heavy atom. The van der Waals surface area contributed by atoms with Gasteiger partial charge in [0.25, 0.3) is 0 Å². The summed E-state index contributed by atoms with van der Waals surface area (Å²) >= 11 is 0. The summed E-state index contributed by atoms with van der Waals surface area (Å²) in [6, 6.07) is 12.6. The number of carbonyl (C=O) groups excluding carboxylic acids is 2. The third-order valence-corrected chi connectivity index (χ3v) is 5.74. The smallest absolute Gasteiger partial charge is 0.411 e. The summed E-state index contributed by atoms with van der Waals surface area (Å²) in [5, 5.41) is 3.38. The first-order valence-corrected chi connectivity index (χ1v) is 11.2. The van der Waals surface area contributed by atoms with Crippen LogP contribution >= 0.6 is 0 Å². The van der Waals surface area contributed by atoms with Crippen molar-refractivity contribution in [3.63, 3.8) is 0 Å². The number of nitrogens with zero attached hydrogens (tertiary/aromatic N) is 2. The van der Waals surface area contributed by atoms with Crippen LogP contribution in [0.15, 0.2) is 57.7 Å². The number of ether oxygens (including phenoxy) is 1. The maximum absolute atomic E-state index is 13.1. The maximum Gasteiger partial charge on any atom is 0.411 e. The minimum Gasteiger partial charge on any atom is -0.450 e. The number of fused-ring (bicyclic) bond motifs is 1. The lowest BCUT2D eigenvalue weighted by Gasteiger charge is -2.35. The highest BCUT2D eigenvalue weighted by Gasteiger charge is 2.22. The van der Waals surface area contributed by atoms with Crippen LogP contribution in [0.1, 0.15) is 18.1 Å². The molecule has 2 heterocycles. The number of rotatable bonds is 6. The lowest BCUT2D eigenvalue weighted by molar-refractivity contribution is -0.132. The number of nitrogens with one attached hydrogen (secondary N) is 1. The van der Waals surface area contributed by atoms with Gasteiger partial charge in [-0.3, -0.25) is 15.0 Å². The summed E-state index contributed by atoms with van der Waals surface area (Å²) in [7, 11) is 0. The predicted molar refractivity (Wildman–Crippen MR) is 125 cm³/mol. The van der Waals surface area contributed by atoms with E-state index in [-0.39, 0.29) is 24.8 Å². The minimum atomic E-state index is -0.577. The zero-order valence-corrected chi connectivity index (χ0v) is 18.9. The van der Waals surface area contributed by atoms with Crippen molar-refractivity contribution in [1.82, 2.24) is 9.80 Å². The Morgan fingerprint density at radius 2 is 1.79 bits per heavy atom. The van der Waals surface area contributed by atoms with Gasteiger partial charge in [-0.1, -0.05) is 12.1 Å². The molecule has 34 heavy (non-hydrogen) atoms. The number of carbonyl (C=O) groups is 2. The summed E-state index contributed by atoms with van der Waals surface area (Å²) in [6.07, 6.45) is -0.334. The summed E-state index contributed by atoms with van der Waals surface area (Å²) in [4.78, 5) is 40.4. The van der Waals surface area contributed by atoms with Gasteiger partial charge >= 0.3 is 11.7 Å². The van der Waals surface area contributed by atoms with Gasteiger partial charge < -0.3 is 14.1 Å². The van der Waals surface area contributed by atoms with Gasteiger partial charge in [0.1, 0.15) is 11.4 Å². The Morgan fingerprint density at radius 1 is 1.06 bits per heavy atom.